The minimum atomic E-state index is 0.304. The van der Waals surface area contributed by atoms with E-state index in [9.17, 15) is 5.11 Å². The maximum Gasteiger partial charge on any atom is 0.134 e. The molecule has 0 aliphatic heterocycles. The molecular formula is C16H18O2. The fourth-order valence-corrected chi connectivity index (χ4v) is 2.00. The van der Waals surface area contributed by atoms with Gasteiger partial charge in [-0.3, -0.25) is 0 Å². The van der Waals surface area contributed by atoms with Crippen LogP contribution >= 0.6 is 0 Å². The van der Waals surface area contributed by atoms with Crippen LogP contribution in [0, 0.1) is 27.7 Å². The monoisotopic (exact) mass is 242 g/mol. The van der Waals surface area contributed by atoms with Gasteiger partial charge in [-0.1, -0.05) is 24.3 Å². The van der Waals surface area contributed by atoms with Gasteiger partial charge >= 0.3 is 0 Å². The number of ether oxygens (including phenoxy) is 1. The maximum atomic E-state index is 9.92. The fourth-order valence-electron chi connectivity index (χ4n) is 2.00. The third-order valence-electron chi connectivity index (χ3n) is 3.20. The predicted molar refractivity (Wildman–Crippen MR) is 73.6 cm³/mol. The zero-order valence-corrected chi connectivity index (χ0v) is 11.2. The van der Waals surface area contributed by atoms with Gasteiger partial charge < -0.3 is 9.84 Å². The summed E-state index contributed by atoms with van der Waals surface area (Å²) in [5.41, 5.74) is 3.82. The average molecular weight is 242 g/mol. The highest BCUT2D eigenvalue weighted by molar-refractivity contribution is 5.51. The van der Waals surface area contributed by atoms with Crippen LogP contribution in [0.5, 0.6) is 17.2 Å². The Balaban J connectivity index is 2.44. The lowest BCUT2D eigenvalue weighted by Crippen LogP contribution is -1.93. The Morgan fingerprint density at radius 3 is 2.06 bits per heavy atom. The van der Waals surface area contributed by atoms with E-state index in [1.54, 1.807) is 0 Å². The molecule has 2 heteroatoms. The van der Waals surface area contributed by atoms with Crippen LogP contribution in [0.3, 0.4) is 0 Å². The average Bonchev–Trinajstić information content (AvgIpc) is 2.34. The van der Waals surface area contributed by atoms with Gasteiger partial charge in [0.15, 0.2) is 0 Å². The third-order valence-corrected chi connectivity index (χ3v) is 3.20. The minimum absolute atomic E-state index is 0.304. The van der Waals surface area contributed by atoms with Crippen molar-refractivity contribution >= 4 is 0 Å². The van der Waals surface area contributed by atoms with E-state index < -0.39 is 0 Å². The van der Waals surface area contributed by atoms with E-state index in [4.69, 9.17) is 4.74 Å². The van der Waals surface area contributed by atoms with Crippen molar-refractivity contribution in [2.75, 3.05) is 0 Å². The van der Waals surface area contributed by atoms with E-state index in [0.717, 1.165) is 28.0 Å². The van der Waals surface area contributed by atoms with E-state index >= 15 is 0 Å². The van der Waals surface area contributed by atoms with Gasteiger partial charge in [0.05, 0.1) is 0 Å². The van der Waals surface area contributed by atoms with Crippen LogP contribution in [0.15, 0.2) is 30.3 Å². The van der Waals surface area contributed by atoms with Crippen LogP contribution in [-0.4, -0.2) is 5.11 Å². The number of aromatic hydroxyl groups is 1. The molecule has 0 saturated heterocycles. The Hall–Kier alpha value is -1.96. The second-order valence-corrected chi connectivity index (χ2v) is 4.68. The summed E-state index contributed by atoms with van der Waals surface area (Å²) >= 11 is 0. The van der Waals surface area contributed by atoms with Gasteiger partial charge in [0.1, 0.15) is 17.2 Å². The third kappa shape index (κ3) is 2.19. The van der Waals surface area contributed by atoms with Crippen LogP contribution in [0.2, 0.25) is 0 Å². The van der Waals surface area contributed by atoms with Gasteiger partial charge in [-0.05, 0) is 50.5 Å². The first-order valence-corrected chi connectivity index (χ1v) is 6.04. The quantitative estimate of drug-likeness (QED) is 0.844. The van der Waals surface area contributed by atoms with E-state index in [2.05, 4.69) is 0 Å². The number of hydrogen-bond donors (Lipinski definition) is 1. The fraction of sp³-hybridized carbons (Fsp3) is 0.250. The topological polar surface area (TPSA) is 29.5 Å². The van der Waals surface area contributed by atoms with Gasteiger partial charge in [0, 0.05) is 5.56 Å². The minimum Gasteiger partial charge on any atom is -0.507 e. The molecule has 0 aliphatic carbocycles. The molecule has 0 aromatic heterocycles. The number of hydrogen-bond acceptors (Lipinski definition) is 2. The highest BCUT2D eigenvalue weighted by Crippen LogP contribution is 2.35. The molecule has 0 atom stereocenters. The van der Waals surface area contributed by atoms with Crippen LogP contribution < -0.4 is 4.74 Å². The lowest BCUT2D eigenvalue weighted by atomic mass is 10.1. The molecule has 0 saturated carbocycles. The van der Waals surface area contributed by atoms with E-state index in [1.165, 1.54) is 0 Å². The molecule has 0 bridgehead atoms. The number of phenols is 1. The predicted octanol–water partition coefficient (Wildman–Crippen LogP) is 4.42. The first kappa shape index (κ1) is 12.5. The second kappa shape index (κ2) is 4.73. The van der Waals surface area contributed by atoms with Gasteiger partial charge in [-0.25, -0.2) is 0 Å². The lowest BCUT2D eigenvalue weighted by molar-refractivity contribution is 0.442. The summed E-state index contributed by atoms with van der Waals surface area (Å²) in [6.07, 6.45) is 0. The summed E-state index contributed by atoms with van der Waals surface area (Å²) in [4.78, 5) is 0. The van der Waals surface area contributed by atoms with Gasteiger partial charge in [-0.2, -0.15) is 0 Å². The van der Waals surface area contributed by atoms with Crippen molar-refractivity contribution in [1.82, 2.24) is 0 Å². The number of rotatable bonds is 2. The van der Waals surface area contributed by atoms with Crippen molar-refractivity contribution in [3.63, 3.8) is 0 Å². The van der Waals surface area contributed by atoms with Crippen molar-refractivity contribution in [3.8, 4) is 17.2 Å². The summed E-state index contributed by atoms with van der Waals surface area (Å²) in [5.74, 6) is 1.87. The van der Waals surface area contributed by atoms with Gasteiger partial charge in [-0.15, -0.1) is 0 Å². The van der Waals surface area contributed by atoms with Gasteiger partial charge in [0.2, 0.25) is 0 Å². The number of benzene rings is 2. The largest absolute Gasteiger partial charge is 0.507 e. The molecular weight excluding hydrogens is 224 g/mol. The Morgan fingerprint density at radius 2 is 1.44 bits per heavy atom. The Morgan fingerprint density at radius 1 is 0.833 bits per heavy atom. The normalized spacial score (nSPS) is 10.4. The standard InChI is InChI=1S/C16H18O2/c1-10-8-9-14(13(4)15(10)17)18-16-11(2)6-5-7-12(16)3/h5-9,17H,1-4H3. The van der Waals surface area contributed by atoms with Crippen LogP contribution in [0.4, 0.5) is 0 Å². The second-order valence-electron chi connectivity index (χ2n) is 4.68. The van der Waals surface area contributed by atoms with Crippen LogP contribution in [0.25, 0.3) is 0 Å². The zero-order valence-electron chi connectivity index (χ0n) is 11.2. The van der Waals surface area contributed by atoms with E-state index in [-0.39, 0.29) is 0 Å². The summed E-state index contributed by atoms with van der Waals surface area (Å²) in [6, 6.07) is 9.82. The Bertz CT molecular complexity index is 566. The van der Waals surface area contributed by atoms with E-state index in [1.807, 2.05) is 58.0 Å². The van der Waals surface area contributed by atoms with E-state index in [0.29, 0.717) is 11.5 Å². The molecule has 2 rings (SSSR count). The summed E-state index contributed by atoms with van der Waals surface area (Å²) in [7, 11) is 0. The van der Waals surface area contributed by atoms with Crippen LogP contribution in [-0.2, 0) is 0 Å². The molecule has 2 aromatic carbocycles. The maximum absolute atomic E-state index is 9.92. The van der Waals surface area contributed by atoms with Crippen molar-refractivity contribution in [1.29, 1.82) is 0 Å². The molecule has 0 aliphatic rings. The summed E-state index contributed by atoms with van der Waals surface area (Å²) in [6.45, 7) is 7.79. The molecule has 18 heavy (non-hydrogen) atoms. The first-order chi connectivity index (χ1) is 8.50. The van der Waals surface area contributed by atoms with Crippen molar-refractivity contribution in [2.45, 2.75) is 27.7 Å². The van der Waals surface area contributed by atoms with Gasteiger partial charge in [0.25, 0.3) is 0 Å². The molecule has 1 N–H and O–H groups in total. The smallest absolute Gasteiger partial charge is 0.134 e. The first-order valence-electron chi connectivity index (χ1n) is 6.04. The summed E-state index contributed by atoms with van der Waals surface area (Å²) < 4.78 is 5.95. The number of para-hydroxylation sites is 1. The molecule has 0 amide bonds. The molecule has 2 nitrogen and oxygen atoms in total. The highest BCUT2D eigenvalue weighted by atomic mass is 16.5. The molecule has 0 radical (unpaired) electrons. The van der Waals surface area contributed by atoms with Crippen LogP contribution in [0.1, 0.15) is 22.3 Å². The Kier molecular flexibility index (Phi) is 3.28. The molecule has 0 heterocycles. The van der Waals surface area contributed by atoms with Crippen molar-refractivity contribution < 1.29 is 9.84 Å². The van der Waals surface area contributed by atoms with Crippen molar-refractivity contribution in [3.05, 3.63) is 52.6 Å². The Labute approximate surface area is 108 Å². The van der Waals surface area contributed by atoms with Crippen molar-refractivity contribution in [2.24, 2.45) is 0 Å². The number of phenolic OH excluding ortho intramolecular Hbond substituents is 1. The molecule has 0 unspecified atom stereocenters. The molecule has 94 valence electrons. The SMILES string of the molecule is Cc1ccc(Oc2c(C)cccc2C)c(C)c1O. The summed E-state index contributed by atoms with van der Waals surface area (Å²) in [5, 5.41) is 9.92. The lowest BCUT2D eigenvalue weighted by Gasteiger charge is -2.14. The molecule has 2 aromatic rings. The zero-order chi connectivity index (χ0) is 13.3. The molecule has 0 spiro atoms. The molecule has 0 fully saturated rings. The highest BCUT2D eigenvalue weighted by Gasteiger charge is 2.10. The number of aryl methyl sites for hydroxylation is 3.